The summed E-state index contributed by atoms with van der Waals surface area (Å²) >= 11 is 0. The van der Waals surface area contributed by atoms with E-state index in [1.807, 2.05) is 0 Å². The minimum absolute atomic E-state index is 0.121. The van der Waals surface area contributed by atoms with E-state index >= 15 is 0 Å². The molecule has 10 heteroatoms. The van der Waals surface area contributed by atoms with Crippen molar-refractivity contribution in [2.45, 2.75) is 37.5 Å². The first-order valence-electron chi connectivity index (χ1n) is 5.45. The minimum atomic E-state index is -4.57. The molecule has 0 radical (unpaired) electrons. The van der Waals surface area contributed by atoms with E-state index < -0.39 is 46.5 Å². The Kier molecular flexibility index (Phi) is 7.22. The molecule has 0 aliphatic rings. The zero-order valence-electron chi connectivity index (χ0n) is 10.4. The highest BCUT2D eigenvalue weighted by Crippen LogP contribution is 2.25. The zero-order chi connectivity index (χ0) is 15.3. The van der Waals surface area contributed by atoms with E-state index in [-0.39, 0.29) is 12.2 Å². The Balaban J connectivity index is 4.31. The third-order valence-corrected chi connectivity index (χ3v) is 4.31. The largest absolute Gasteiger partial charge is 0.414 e. The minimum Gasteiger partial charge on any atom is -0.372 e. The first-order valence-corrected chi connectivity index (χ1v) is 7.34. The van der Waals surface area contributed by atoms with Gasteiger partial charge in [-0.15, -0.1) is 0 Å². The Bertz CT molecular complexity index is 359. The molecular formula is C9H19F3N2O4S. The van der Waals surface area contributed by atoms with Gasteiger partial charge in [0.05, 0.1) is 6.04 Å². The van der Waals surface area contributed by atoms with Gasteiger partial charge in [-0.1, -0.05) is 0 Å². The molecule has 0 amide bonds. The van der Waals surface area contributed by atoms with Gasteiger partial charge < -0.3 is 20.7 Å². The third-order valence-electron chi connectivity index (χ3n) is 2.52. The molecular weight excluding hydrogens is 289 g/mol. The second kappa shape index (κ2) is 7.39. The standard InChI is InChI=1S/C9H19F3N2O4S/c1-18-7(9(10,11)12)3-5-19(14,17)4-2-6(13)8(15)16/h6-8,14-16H,2-5,13H2,1H3/t6-,7?,19?/m0/s1. The average molecular weight is 308 g/mol. The molecule has 0 fully saturated rings. The number of rotatable bonds is 8. The summed E-state index contributed by atoms with van der Waals surface area (Å²) in [7, 11) is -2.37. The molecule has 19 heavy (non-hydrogen) atoms. The van der Waals surface area contributed by atoms with E-state index in [2.05, 4.69) is 4.74 Å². The Morgan fingerprint density at radius 2 is 1.79 bits per heavy atom. The lowest BCUT2D eigenvalue weighted by molar-refractivity contribution is -0.212. The van der Waals surface area contributed by atoms with E-state index in [1.165, 1.54) is 0 Å². The molecule has 0 bridgehead atoms. The molecule has 0 rings (SSSR count). The lowest BCUT2D eigenvalue weighted by atomic mass is 10.2. The van der Waals surface area contributed by atoms with E-state index in [0.717, 1.165) is 7.11 Å². The van der Waals surface area contributed by atoms with Crippen LogP contribution < -0.4 is 5.73 Å². The molecule has 0 saturated carbocycles. The quantitative estimate of drug-likeness (QED) is 0.472. The molecule has 0 heterocycles. The van der Waals surface area contributed by atoms with Crippen molar-refractivity contribution in [3.8, 4) is 0 Å². The fraction of sp³-hybridized carbons (Fsp3) is 1.00. The van der Waals surface area contributed by atoms with Crippen molar-refractivity contribution >= 4 is 9.73 Å². The first-order chi connectivity index (χ1) is 8.49. The molecule has 0 spiro atoms. The SMILES string of the molecule is COC(CCS(=N)(=O)CC[C@H](N)C(O)O)C(F)(F)F. The summed E-state index contributed by atoms with van der Waals surface area (Å²) in [5.74, 6) is -0.778. The van der Waals surface area contributed by atoms with Crippen molar-refractivity contribution in [2.75, 3.05) is 18.6 Å². The van der Waals surface area contributed by atoms with Crippen LogP contribution in [0, 0.1) is 4.78 Å². The van der Waals surface area contributed by atoms with Crippen LogP contribution in [0.15, 0.2) is 0 Å². The number of nitrogens with two attached hydrogens (primary N) is 1. The second-order valence-corrected chi connectivity index (χ2v) is 6.58. The molecule has 0 aliphatic heterocycles. The van der Waals surface area contributed by atoms with E-state index in [1.54, 1.807) is 0 Å². The first kappa shape index (κ1) is 18.6. The number of halogens is 3. The van der Waals surface area contributed by atoms with Crippen LogP contribution in [-0.2, 0) is 14.5 Å². The van der Waals surface area contributed by atoms with Crippen LogP contribution >= 0.6 is 0 Å². The van der Waals surface area contributed by atoms with Crippen LogP contribution in [-0.4, -0.2) is 57.6 Å². The Hall–Kier alpha value is -0.420. The van der Waals surface area contributed by atoms with Gasteiger partial charge >= 0.3 is 6.18 Å². The maximum Gasteiger partial charge on any atom is 0.414 e. The van der Waals surface area contributed by atoms with Crippen molar-refractivity contribution in [1.29, 1.82) is 4.78 Å². The van der Waals surface area contributed by atoms with Crippen molar-refractivity contribution in [3.05, 3.63) is 0 Å². The number of ether oxygens (including phenoxy) is 1. The Morgan fingerprint density at radius 1 is 1.32 bits per heavy atom. The molecule has 0 aliphatic carbocycles. The molecule has 0 aromatic carbocycles. The van der Waals surface area contributed by atoms with Crippen molar-refractivity contribution in [2.24, 2.45) is 5.73 Å². The highest BCUT2D eigenvalue weighted by atomic mass is 32.2. The van der Waals surface area contributed by atoms with Gasteiger partial charge in [0.1, 0.15) is 0 Å². The van der Waals surface area contributed by atoms with Crippen LogP contribution in [0.25, 0.3) is 0 Å². The van der Waals surface area contributed by atoms with Crippen molar-refractivity contribution < 1.29 is 32.3 Å². The van der Waals surface area contributed by atoms with Crippen molar-refractivity contribution in [1.82, 2.24) is 0 Å². The average Bonchev–Trinajstić information content (AvgIpc) is 2.24. The fourth-order valence-electron chi connectivity index (χ4n) is 1.29. The number of alkyl halides is 3. The molecule has 0 saturated heterocycles. The van der Waals surface area contributed by atoms with Gasteiger partial charge in [-0.05, 0) is 12.8 Å². The Morgan fingerprint density at radius 3 is 2.16 bits per heavy atom. The molecule has 0 aromatic heterocycles. The third kappa shape index (κ3) is 7.67. The van der Waals surface area contributed by atoms with Gasteiger partial charge in [0.25, 0.3) is 0 Å². The smallest absolute Gasteiger partial charge is 0.372 e. The van der Waals surface area contributed by atoms with Gasteiger partial charge in [-0.2, -0.15) is 13.2 Å². The summed E-state index contributed by atoms with van der Waals surface area (Å²) in [6, 6.07) is -1.08. The van der Waals surface area contributed by atoms with Crippen molar-refractivity contribution in [3.63, 3.8) is 0 Å². The molecule has 2 unspecified atom stereocenters. The summed E-state index contributed by atoms with van der Waals surface area (Å²) in [6.45, 7) is 0. The number of hydrogen-bond acceptors (Lipinski definition) is 6. The Labute approximate surface area is 109 Å². The van der Waals surface area contributed by atoms with Gasteiger partial charge in [0.15, 0.2) is 12.4 Å². The van der Waals surface area contributed by atoms with E-state index in [0.29, 0.717) is 0 Å². The monoisotopic (exact) mass is 308 g/mol. The number of methoxy groups -OCH3 is 1. The summed E-state index contributed by atoms with van der Waals surface area (Å²) in [4.78, 5) is 0. The second-order valence-electron chi connectivity index (χ2n) is 4.14. The van der Waals surface area contributed by atoms with Gasteiger partial charge in [-0.3, -0.25) is 4.78 Å². The maximum atomic E-state index is 12.4. The van der Waals surface area contributed by atoms with E-state index in [4.69, 9.17) is 20.7 Å². The number of nitrogens with one attached hydrogen (secondary N) is 1. The molecule has 5 N–H and O–H groups in total. The van der Waals surface area contributed by atoms with Gasteiger partial charge in [0, 0.05) is 28.3 Å². The lowest BCUT2D eigenvalue weighted by Gasteiger charge is -2.19. The molecule has 3 atom stereocenters. The number of hydrogen-bond donors (Lipinski definition) is 4. The fourth-order valence-corrected chi connectivity index (χ4v) is 2.74. The topological polar surface area (TPSA) is 117 Å². The number of aliphatic hydroxyl groups excluding tert-OH is 1. The van der Waals surface area contributed by atoms with E-state index in [9.17, 15) is 17.4 Å². The highest BCUT2D eigenvalue weighted by molar-refractivity contribution is 7.92. The normalized spacial score (nSPS) is 19.2. The predicted molar refractivity (Wildman–Crippen MR) is 62.9 cm³/mol. The zero-order valence-corrected chi connectivity index (χ0v) is 11.2. The molecule has 0 aromatic rings. The molecule has 6 nitrogen and oxygen atoms in total. The summed E-state index contributed by atoms with van der Waals surface area (Å²) in [5, 5.41) is 17.4. The summed E-state index contributed by atoms with van der Waals surface area (Å²) < 4.78 is 60.4. The predicted octanol–water partition coefficient (Wildman–Crippen LogP) is 0.0287. The van der Waals surface area contributed by atoms with Crippen LogP contribution in [0.3, 0.4) is 0 Å². The summed E-state index contributed by atoms with van der Waals surface area (Å²) in [6.07, 6.45) is -9.14. The van der Waals surface area contributed by atoms with Crippen LogP contribution in [0.5, 0.6) is 0 Å². The molecule has 116 valence electrons. The van der Waals surface area contributed by atoms with Gasteiger partial charge in [-0.25, -0.2) is 4.21 Å². The van der Waals surface area contributed by atoms with Crippen LogP contribution in [0.1, 0.15) is 12.8 Å². The van der Waals surface area contributed by atoms with Crippen LogP contribution in [0.2, 0.25) is 0 Å². The number of aliphatic hydroxyl groups is 2. The van der Waals surface area contributed by atoms with Crippen LogP contribution in [0.4, 0.5) is 13.2 Å². The summed E-state index contributed by atoms with van der Waals surface area (Å²) in [5.41, 5.74) is 5.26. The maximum absolute atomic E-state index is 12.4. The highest BCUT2D eigenvalue weighted by Gasteiger charge is 2.40. The lowest BCUT2D eigenvalue weighted by Crippen LogP contribution is -2.37. The van der Waals surface area contributed by atoms with Gasteiger partial charge in [0.2, 0.25) is 0 Å².